The summed E-state index contributed by atoms with van der Waals surface area (Å²) in [6.45, 7) is 2.19. The number of nitrogens with zero attached hydrogens (tertiary/aromatic N) is 2. The molecule has 0 N–H and O–H groups in total. The van der Waals surface area contributed by atoms with Crippen LogP contribution in [0, 0.1) is 6.92 Å². The molecule has 1 aliphatic rings. The van der Waals surface area contributed by atoms with Crippen molar-refractivity contribution in [1.29, 1.82) is 0 Å². The Morgan fingerprint density at radius 1 is 0.377 bits per heavy atom. The van der Waals surface area contributed by atoms with E-state index in [1.54, 1.807) is 0 Å². The maximum absolute atomic E-state index is 2.40. The van der Waals surface area contributed by atoms with Crippen molar-refractivity contribution in [2.75, 3.05) is 4.90 Å². The van der Waals surface area contributed by atoms with Gasteiger partial charge in [-0.25, -0.2) is 0 Å². The van der Waals surface area contributed by atoms with E-state index in [0.29, 0.717) is 0 Å². The lowest BCUT2D eigenvalue weighted by atomic mass is 9.78. The highest BCUT2D eigenvalue weighted by atomic mass is 15.1. The van der Waals surface area contributed by atoms with Crippen LogP contribution in [-0.2, 0) is 0 Å². The lowest BCUT2D eigenvalue weighted by Crippen LogP contribution is -2.11. The van der Waals surface area contributed by atoms with Crippen LogP contribution in [0.25, 0.3) is 82.4 Å². The summed E-state index contributed by atoms with van der Waals surface area (Å²) < 4.78 is 2.40. The van der Waals surface area contributed by atoms with Gasteiger partial charge in [-0.1, -0.05) is 109 Å². The standard InChI is InChI=1S/C51H34N2/c1-33-11-5-8-16-49(33)52(40-23-19-35(20-24-40)34-12-3-2-4-13-34)41-25-21-36-29-45-46-30-37-22-26-42(28-39(37)32-48(46)47(45)31-38(36)27-41)53-50-17-9-6-14-43(50)44-15-7-10-18-51(44)53/h2-32H,1H3. The van der Waals surface area contributed by atoms with Crippen LogP contribution in [0.4, 0.5) is 17.1 Å². The van der Waals surface area contributed by atoms with Gasteiger partial charge in [-0.05, 0) is 146 Å². The van der Waals surface area contributed by atoms with E-state index in [0.717, 1.165) is 11.4 Å². The number of hydrogen-bond donors (Lipinski definition) is 0. The number of aryl methyl sites for hydroxylation is 1. The molecule has 0 bridgehead atoms. The summed E-state index contributed by atoms with van der Waals surface area (Å²) in [6, 6.07) is 69.0. The van der Waals surface area contributed by atoms with Gasteiger partial charge in [-0.2, -0.15) is 0 Å². The maximum atomic E-state index is 2.40. The fraction of sp³-hybridized carbons (Fsp3) is 0.0196. The number of fused-ring (bicyclic) bond motifs is 9. The molecule has 0 atom stereocenters. The zero-order valence-electron chi connectivity index (χ0n) is 29.3. The van der Waals surface area contributed by atoms with Crippen LogP contribution in [0.3, 0.4) is 0 Å². The van der Waals surface area contributed by atoms with Crippen molar-refractivity contribution in [2.24, 2.45) is 0 Å². The minimum atomic E-state index is 1.14. The van der Waals surface area contributed by atoms with Crippen molar-refractivity contribution in [3.8, 4) is 39.1 Å². The van der Waals surface area contributed by atoms with Gasteiger partial charge in [0, 0.05) is 33.5 Å². The third-order valence-electron chi connectivity index (χ3n) is 11.2. The molecule has 0 fully saturated rings. The summed E-state index contributed by atoms with van der Waals surface area (Å²) in [5, 5.41) is 7.58. The molecule has 10 aromatic rings. The first-order chi connectivity index (χ1) is 26.2. The highest BCUT2D eigenvalue weighted by Crippen LogP contribution is 2.51. The normalized spacial score (nSPS) is 11.9. The van der Waals surface area contributed by atoms with Crippen LogP contribution < -0.4 is 4.90 Å². The third kappa shape index (κ3) is 4.66. The van der Waals surface area contributed by atoms with Crippen LogP contribution in [0.15, 0.2) is 188 Å². The summed E-state index contributed by atoms with van der Waals surface area (Å²) in [7, 11) is 0. The van der Waals surface area contributed by atoms with Crippen molar-refractivity contribution in [3.05, 3.63) is 194 Å². The zero-order chi connectivity index (χ0) is 35.0. The molecule has 0 saturated heterocycles. The van der Waals surface area contributed by atoms with Gasteiger partial charge in [0.25, 0.3) is 0 Å². The number of benzene rings is 9. The lowest BCUT2D eigenvalue weighted by Gasteiger charge is -2.29. The lowest BCUT2D eigenvalue weighted by molar-refractivity contribution is 1.19. The Morgan fingerprint density at radius 3 is 1.55 bits per heavy atom. The van der Waals surface area contributed by atoms with Gasteiger partial charge in [-0.3, -0.25) is 0 Å². The van der Waals surface area contributed by atoms with Crippen LogP contribution in [-0.4, -0.2) is 4.57 Å². The molecule has 11 rings (SSSR count). The molecule has 1 aliphatic carbocycles. The van der Waals surface area contributed by atoms with E-state index in [9.17, 15) is 0 Å². The SMILES string of the molecule is Cc1ccccc1N(c1ccc(-c2ccccc2)cc1)c1ccc2cc3c(cc2c1)-c1cc2cc(-n4c5ccccc5c5ccccc54)ccc2cc1-3. The van der Waals surface area contributed by atoms with E-state index in [1.165, 1.54) is 93.7 Å². The Balaban J connectivity index is 1.00. The molecule has 0 saturated carbocycles. The van der Waals surface area contributed by atoms with Crippen molar-refractivity contribution in [3.63, 3.8) is 0 Å². The van der Waals surface area contributed by atoms with Gasteiger partial charge in [0.15, 0.2) is 0 Å². The average molecular weight is 675 g/mol. The number of aromatic nitrogens is 1. The molecule has 9 aromatic carbocycles. The predicted octanol–water partition coefficient (Wildman–Crippen LogP) is 14.2. The molecule has 0 aliphatic heterocycles. The van der Waals surface area contributed by atoms with E-state index in [-0.39, 0.29) is 0 Å². The number of anilines is 3. The van der Waals surface area contributed by atoms with Crippen molar-refractivity contribution >= 4 is 60.4 Å². The van der Waals surface area contributed by atoms with Gasteiger partial charge in [-0.15, -0.1) is 0 Å². The highest BCUT2D eigenvalue weighted by molar-refractivity contribution is 6.13. The molecule has 1 aromatic heterocycles. The molecule has 0 spiro atoms. The Labute approximate surface area is 308 Å². The highest BCUT2D eigenvalue weighted by Gasteiger charge is 2.25. The van der Waals surface area contributed by atoms with Crippen LogP contribution >= 0.6 is 0 Å². The number of hydrogen-bond acceptors (Lipinski definition) is 1. The molecule has 248 valence electrons. The van der Waals surface area contributed by atoms with Crippen molar-refractivity contribution < 1.29 is 0 Å². The molecular formula is C51H34N2. The van der Waals surface area contributed by atoms with Crippen molar-refractivity contribution in [2.45, 2.75) is 6.92 Å². The minimum absolute atomic E-state index is 1.14. The summed E-state index contributed by atoms with van der Waals surface area (Å²) in [5.74, 6) is 0. The van der Waals surface area contributed by atoms with Gasteiger partial charge in [0.2, 0.25) is 0 Å². The first-order valence-corrected chi connectivity index (χ1v) is 18.3. The first-order valence-electron chi connectivity index (χ1n) is 18.3. The fourth-order valence-corrected chi connectivity index (χ4v) is 8.55. The van der Waals surface area contributed by atoms with E-state index in [4.69, 9.17) is 0 Å². The molecule has 2 nitrogen and oxygen atoms in total. The Hall–Kier alpha value is -6.90. The van der Waals surface area contributed by atoms with E-state index >= 15 is 0 Å². The maximum Gasteiger partial charge on any atom is 0.0541 e. The van der Waals surface area contributed by atoms with Crippen molar-refractivity contribution in [1.82, 2.24) is 4.57 Å². The molecule has 1 heterocycles. The molecule has 0 unspecified atom stereocenters. The van der Waals surface area contributed by atoms with E-state index in [1.807, 2.05) is 0 Å². The number of rotatable bonds is 5. The zero-order valence-corrected chi connectivity index (χ0v) is 29.3. The van der Waals surface area contributed by atoms with E-state index in [2.05, 4.69) is 204 Å². The van der Waals surface area contributed by atoms with Gasteiger partial charge < -0.3 is 9.47 Å². The molecule has 0 amide bonds. The second kappa shape index (κ2) is 11.6. The fourth-order valence-electron chi connectivity index (χ4n) is 8.55. The summed E-state index contributed by atoms with van der Waals surface area (Å²) >= 11 is 0. The smallest absolute Gasteiger partial charge is 0.0541 e. The van der Waals surface area contributed by atoms with E-state index < -0.39 is 0 Å². The minimum Gasteiger partial charge on any atom is -0.310 e. The van der Waals surface area contributed by atoms with Gasteiger partial charge in [0.05, 0.1) is 11.0 Å². The number of para-hydroxylation sites is 3. The first kappa shape index (κ1) is 29.8. The molecule has 53 heavy (non-hydrogen) atoms. The predicted molar refractivity (Wildman–Crippen MR) is 225 cm³/mol. The second-order valence-electron chi connectivity index (χ2n) is 14.3. The van der Waals surface area contributed by atoms with Gasteiger partial charge >= 0.3 is 0 Å². The summed E-state index contributed by atoms with van der Waals surface area (Å²) in [5.41, 5.74) is 16.1. The monoisotopic (exact) mass is 674 g/mol. The largest absolute Gasteiger partial charge is 0.310 e. The second-order valence-corrected chi connectivity index (χ2v) is 14.3. The summed E-state index contributed by atoms with van der Waals surface area (Å²) in [4.78, 5) is 2.39. The van der Waals surface area contributed by atoms with Crippen LogP contribution in [0.1, 0.15) is 5.56 Å². The third-order valence-corrected chi connectivity index (χ3v) is 11.2. The Kier molecular flexibility index (Phi) is 6.50. The Morgan fingerprint density at radius 2 is 0.887 bits per heavy atom. The van der Waals surface area contributed by atoms with Crippen LogP contribution in [0.5, 0.6) is 0 Å². The summed E-state index contributed by atoms with van der Waals surface area (Å²) in [6.07, 6.45) is 0. The Bertz CT molecular complexity index is 3010. The molecular weight excluding hydrogens is 641 g/mol. The average Bonchev–Trinajstić information content (AvgIpc) is 3.55. The molecule has 0 radical (unpaired) electrons. The van der Waals surface area contributed by atoms with Gasteiger partial charge in [0.1, 0.15) is 0 Å². The topological polar surface area (TPSA) is 8.17 Å². The quantitative estimate of drug-likeness (QED) is 0.176. The van der Waals surface area contributed by atoms with Crippen LogP contribution in [0.2, 0.25) is 0 Å². The molecule has 2 heteroatoms.